The molecule has 0 aliphatic rings. The zero-order valence-corrected chi connectivity index (χ0v) is 46.7. The molecule has 0 aliphatic carbocycles. The van der Waals surface area contributed by atoms with E-state index in [9.17, 15) is 13.2 Å². The molecule has 78 heavy (non-hydrogen) atoms. The van der Waals surface area contributed by atoms with Crippen LogP contribution in [-0.2, 0) is 78.1 Å². The van der Waals surface area contributed by atoms with Crippen LogP contribution in [0, 0.1) is 12.7 Å². The van der Waals surface area contributed by atoms with E-state index in [1.807, 2.05) is 49.4 Å². The van der Waals surface area contributed by atoms with Crippen LogP contribution < -0.4 is 9.46 Å². The van der Waals surface area contributed by atoms with Gasteiger partial charge < -0.3 is 61.6 Å². The summed E-state index contributed by atoms with van der Waals surface area (Å²) in [6.07, 6.45) is 2.53. The number of ether oxygens (including phenoxy) is 13. The summed E-state index contributed by atoms with van der Waals surface area (Å²) >= 11 is 7.47. The molecule has 430 valence electrons. The topological polar surface area (TPSA) is 222 Å². The Hall–Kier alpha value is -4.67. The summed E-state index contributed by atoms with van der Waals surface area (Å²) in [5.74, 6) is -0.830. The van der Waals surface area contributed by atoms with Gasteiger partial charge in [0.05, 0.1) is 157 Å². The number of carbonyl (C=O) groups is 1. The number of hydrogen-bond donors (Lipinski definition) is 1. The lowest BCUT2D eigenvalue weighted by Crippen LogP contribution is -2.15. The summed E-state index contributed by atoms with van der Waals surface area (Å²) in [5.41, 5.74) is 6.30. The molecule has 24 heteroatoms. The van der Waals surface area contributed by atoms with Crippen molar-refractivity contribution in [3.05, 3.63) is 101 Å². The molecular formula is C54H72ClFN4O16S2. The molecule has 0 bridgehead atoms. The normalized spacial score (nSPS) is 11.6. The molecule has 0 fully saturated rings. The van der Waals surface area contributed by atoms with Crippen LogP contribution in [0.15, 0.2) is 83.3 Å². The number of Topliss-reactive ketones (excluding diaryl/α,β-unsaturated/α-hetero) is 1. The van der Waals surface area contributed by atoms with Gasteiger partial charge in [0, 0.05) is 43.5 Å². The SMILES string of the molecule is COCCOCCOCCOCCOCCOCCOCCOCCOCCOCCOCCOCCC(=O)CCc1cc(-c2cc(-c3cccc(C)c3)ccc2Oc2cc(F)c(S(=O)(=O)Nc3nncs3)cc2Cl)ccn1. The molecule has 3 aromatic carbocycles. The van der Waals surface area contributed by atoms with Crippen molar-refractivity contribution in [2.75, 3.05) is 164 Å². The Bertz CT molecular complexity index is 2550. The number of methoxy groups -OCH3 is 1. The summed E-state index contributed by atoms with van der Waals surface area (Å²) in [4.78, 5) is 16.7. The van der Waals surface area contributed by atoms with Crippen molar-refractivity contribution in [2.45, 2.75) is 31.1 Å². The van der Waals surface area contributed by atoms with Crippen LogP contribution in [-0.4, -0.2) is 188 Å². The highest BCUT2D eigenvalue weighted by Crippen LogP contribution is 2.40. The number of carbonyl (C=O) groups excluding carboxylic acids is 1. The van der Waals surface area contributed by atoms with Crippen LogP contribution in [0.1, 0.15) is 24.1 Å². The third-order valence-corrected chi connectivity index (χ3v) is 13.3. The number of anilines is 1. The largest absolute Gasteiger partial charge is 0.455 e. The van der Waals surface area contributed by atoms with E-state index in [0.717, 1.165) is 45.7 Å². The first-order valence-corrected chi connectivity index (χ1v) is 28.3. The van der Waals surface area contributed by atoms with Gasteiger partial charge in [-0.3, -0.25) is 14.5 Å². The minimum Gasteiger partial charge on any atom is -0.455 e. The monoisotopic (exact) mass is 1150 g/mol. The molecule has 0 unspecified atom stereocenters. The standard InChI is InChI=1S/C54H72ClFN4O16S2/c1-42-4-3-5-43(36-42)44-6-9-51(76-52-40-50(56)53(39-49(52)55)78(62,63)60-54-59-58-41-77-54)48(38-44)45-10-12-57-46(37-45)7-8-47(61)11-13-65-16-17-67-20-21-69-24-25-71-28-29-73-32-33-75-35-34-74-31-30-72-27-26-70-23-22-68-19-18-66-15-14-64-2/h3-6,9-10,12,36-41H,7-8,11,13-35H2,1-2H3,(H,59,60). The second-order valence-electron chi connectivity index (χ2n) is 16.8. The summed E-state index contributed by atoms with van der Waals surface area (Å²) in [6, 6.07) is 19.2. The van der Waals surface area contributed by atoms with Gasteiger partial charge in [-0.15, -0.1) is 10.2 Å². The Morgan fingerprint density at radius 2 is 1.10 bits per heavy atom. The fraction of sp³-hybridized carbons (Fsp3) is 0.519. The number of hydrogen-bond acceptors (Lipinski definition) is 20. The lowest BCUT2D eigenvalue weighted by Gasteiger charge is -2.16. The van der Waals surface area contributed by atoms with E-state index >= 15 is 4.39 Å². The number of aryl methyl sites for hydroxylation is 2. The molecular weight excluding hydrogens is 1080 g/mol. The van der Waals surface area contributed by atoms with Gasteiger partial charge in [0.2, 0.25) is 5.13 Å². The smallest absolute Gasteiger partial charge is 0.266 e. The molecule has 5 aromatic rings. The number of halogens is 2. The Labute approximate surface area is 465 Å². The van der Waals surface area contributed by atoms with Gasteiger partial charge in [-0.05, 0) is 60.4 Å². The molecule has 0 amide bonds. The average Bonchev–Trinajstić information content (AvgIpc) is 3.96. The third kappa shape index (κ3) is 26.1. The minimum atomic E-state index is -4.38. The highest BCUT2D eigenvalue weighted by molar-refractivity contribution is 7.93. The van der Waals surface area contributed by atoms with Gasteiger partial charge in [-0.25, -0.2) is 12.8 Å². The average molecular weight is 1150 g/mol. The van der Waals surface area contributed by atoms with Crippen LogP contribution in [0.3, 0.4) is 0 Å². The quantitative estimate of drug-likeness (QED) is 0.0369. The number of aromatic nitrogens is 3. The fourth-order valence-electron chi connectivity index (χ4n) is 6.95. The summed E-state index contributed by atoms with van der Waals surface area (Å²) < 4.78 is 115. The predicted octanol–water partition coefficient (Wildman–Crippen LogP) is 7.68. The van der Waals surface area contributed by atoms with E-state index in [1.54, 1.807) is 19.4 Å². The summed E-state index contributed by atoms with van der Waals surface area (Å²) in [5, 5.41) is 7.09. The van der Waals surface area contributed by atoms with Crippen molar-refractivity contribution in [2.24, 2.45) is 0 Å². The van der Waals surface area contributed by atoms with Crippen LogP contribution in [0.25, 0.3) is 22.3 Å². The Morgan fingerprint density at radius 1 is 0.590 bits per heavy atom. The number of sulfonamides is 1. The number of rotatable bonds is 46. The third-order valence-electron chi connectivity index (χ3n) is 10.9. The molecule has 0 spiro atoms. The molecule has 1 N–H and O–H groups in total. The highest BCUT2D eigenvalue weighted by Gasteiger charge is 2.24. The predicted molar refractivity (Wildman–Crippen MR) is 291 cm³/mol. The van der Waals surface area contributed by atoms with Crippen molar-refractivity contribution >= 4 is 43.9 Å². The maximum absolute atomic E-state index is 15.5. The van der Waals surface area contributed by atoms with E-state index in [4.69, 9.17) is 73.2 Å². The zero-order valence-electron chi connectivity index (χ0n) is 44.3. The molecule has 5 rings (SSSR count). The maximum Gasteiger partial charge on any atom is 0.266 e. The number of pyridine rings is 1. The lowest BCUT2D eigenvalue weighted by atomic mass is 9.97. The molecule has 0 atom stereocenters. The first kappa shape index (κ1) is 64.2. The highest BCUT2D eigenvalue weighted by atomic mass is 35.5. The van der Waals surface area contributed by atoms with Crippen LogP contribution in [0.2, 0.25) is 5.02 Å². The molecule has 0 aliphatic heterocycles. The van der Waals surface area contributed by atoms with E-state index in [1.165, 1.54) is 5.51 Å². The van der Waals surface area contributed by atoms with E-state index in [2.05, 4.69) is 26.0 Å². The van der Waals surface area contributed by atoms with E-state index < -0.39 is 20.7 Å². The van der Waals surface area contributed by atoms with Gasteiger partial charge >= 0.3 is 0 Å². The molecule has 0 saturated heterocycles. The molecule has 0 radical (unpaired) electrons. The Kier molecular flexibility index (Phi) is 32.0. The lowest BCUT2D eigenvalue weighted by molar-refractivity contribution is -0.120. The first-order chi connectivity index (χ1) is 38.1. The molecule has 2 heterocycles. The van der Waals surface area contributed by atoms with Gasteiger partial charge in [-0.2, -0.15) is 0 Å². The van der Waals surface area contributed by atoms with Crippen molar-refractivity contribution in [1.82, 2.24) is 15.2 Å². The van der Waals surface area contributed by atoms with E-state index in [-0.39, 0.29) is 41.1 Å². The number of nitrogens with one attached hydrogen (secondary N) is 1. The second-order valence-corrected chi connectivity index (χ2v) is 19.7. The summed E-state index contributed by atoms with van der Waals surface area (Å²) in [7, 11) is -2.74. The number of nitrogens with zero attached hydrogens (tertiary/aromatic N) is 3. The van der Waals surface area contributed by atoms with Crippen LogP contribution in [0.4, 0.5) is 9.52 Å². The van der Waals surface area contributed by atoms with Crippen molar-refractivity contribution in [3.8, 4) is 33.8 Å². The van der Waals surface area contributed by atoms with Crippen molar-refractivity contribution < 1.29 is 79.2 Å². The van der Waals surface area contributed by atoms with Gasteiger partial charge in [-0.1, -0.05) is 58.8 Å². The van der Waals surface area contributed by atoms with Gasteiger partial charge in [0.25, 0.3) is 10.0 Å². The molecule has 0 saturated carbocycles. The maximum atomic E-state index is 15.5. The Morgan fingerprint density at radius 3 is 1.60 bits per heavy atom. The van der Waals surface area contributed by atoms with Gasteiger partial charge in [0.15, 0.2) is 0 Å². The van der Waals surface area contributed by atoms with E-state index in [0.29, 0.717) is 169 Å². The second kappa shape index (κ2) is 38.8. The number of benzene rings is 3. The molecule has 2 aromatic heterocycles. The fourth-order valence-corrected chi connectivity index (χ4v) is 9.00. The van der Waals surface area contributed by atoms with Gasteiger partial charge in [0.1, 0.15) is 33.5 Å². The van der Waals surface area contributed by atoms with Crippen molar-refractivity contribution in [1.29, 1.82) is 0 Å². The van der Waals surface area contributed by atoms with Crippen LogP contribution in [0.5, 0.6) is 11.5 Å². The van der Waals surface area contributed by atoms with Crippen LogP contribution >= 0.6 is 22.9 Å². The Balaban J connectivity index is 0.866. The number of ketones is 1. The zero-order chi connectivity index (χ0) is 55.3. The van der Waals surface area contributed by atoms with Crippen molar-refractivity contribution in [3.63, 3.8) is 0 Å². The minimum absolute atomic E-state index is 0.0232. The molecule has 20 nitrogen and oxygen atoms in total. The summed E-state index contributed by atoms with van der Waals surface area (Å²) in [6.45, 7) is 12.6. The first-order valence-electron chi connectivity index (χ1n) is 25.6.